The first-order valence-corrected chi connectivity index (χ1v) is 9.41. The molecule has 0 aliphatic carbocycles. The van der Waals surface area contributed by atoms with Crippen molar-refractivity contribution in [2.75, 3.05) is 0 Å². The van der Waals surface area contributed by atoms with Crippen LogP contribution in [0.5, 0.6) is 5.75 Å². The lowest BCUT2D eigenvalue weighted by atomic mass is 10.1. The lowest BCUT2D eigenvalue weighted by molar-refractivity contribution is 0.475. The number of hydrogen-bond donors (Lipinski definition) is 1. The molecule has 0 aliphatic heterocycles. The Morgan fingerprint density at radius 2 is 1.63 bits per heavy atom. The molecule has 0 saturated carbocycles. The molecule has 0 unspecified atom stereocenters. The molecule has 0 aliphatic rings. The summed E-state index contributed by atoms with van der Waals surface area (Å²) in [4.78, 5) is 17.7. The number of benzene rings is 3. The highest BCUT2D eigenvalue weighted by atomic mass is 16.3. The zero-order chi connectivity index (χ0) is 20.5. The van der Waals surface area contributed by atoms with E-state index in [1.165, 1.54) is 0 Å². The van der Waals surface area contributed by atoms with Gasteiger partial charge in [0.2, 0.25) is 5.43 Å². The Kier molecular flexibility index (Phi) is 4.27. The molecule has 5 rings (SSSR count). The summed E-state index contributed by atoms with van der Waals surface area (Å²) in [6.45, 7) is 0. The van der Waals surface area contributed by atoms with Crippen molar-refractivity contribution in [2.45, 2.75) is 0 Å². The zero-order valence-electron chi connectivity index (χ0n) is 15.8. The summed E-state index contributed by atoms with van der Waals surface area (Å²) in [5.74, 6) is 6.36. The smallest absolute Gasteiger partial charge is 0.209 e. The fraction of sp³-hybridized carbons (Fsp3) is 0. The molecule has 0 radical (unpaired) electrons. The zero-order valence-corrected chi connectivity index (χ0v) is 15.8. The van der Waals surface area contributed by atoms with Crippen LogP contribution < -0.4 is 5.43 Å². The molecule has 1 N–H and O–H groups in total. The lowest BCUT2D eigenvalue weighted by Gasteiger charge is -2.07. The van der Waals surface area contributed by atoms with Crippen LogP contribution in [0.2, 0.25) is 0 Å². The number of aromatic nitrogens is 1. The highest BCUT2D eigenvalue weighted by Crippen LogP contribution is 2.26. The summed E-state index contributed by atoms with van der Waals surface area (Å²) in [5, 5.41) is 12.1. The molecule has 3 aromatic carbocycles. The lowest BCUT2D eigenvalue weighted by Crippen LogP contribution is -2.08. The van der Waals surface area contributed by atoms with Crippen molar-refractivity contribution < 1.29 is 9.52 Å². The maximum absolute atomic E-state index is 13.2. The Bertz CT molecular complexity index is 1540. The monoisotopic (exact) mass is 389 g/mol. The molecular weight excluding hydrogens is 374 g/mol. The van der Waals surface area contributed by atoms with E-state index < -0.39 is 0 Å². The average Bonchev–Trinajstić information content (AvgIpc) is 2.78. The molecule has 4 heteroatoms. The topological polar surface area (TPSA) is 63.3 Å². The van der Waals surface area contributed by atoms with Crippen LogP contribution >= 0.6 is 0 Å². The number of nitrogens with zero attached hydrogens (tertiary/aromatic N) is 1. The second-order valence-corrected chi connectivity index (χ2v) is 6.85. The minimum Gasteiger partial charge on any atom is -0.508 e. The van der Waals surface area contributed by atoms with E-state index in [9.17, 15) is 9.90 Å². The van der Waals surface area contributed by atoms with E-state index in [1.54, 1.807) is 48.7 Å². The van der Waals surface area contributed by atoms with E-state index in [0.29, 0.717) is 28.0 Å². The molecule has 4 nitrogen and oxygen atoms in total. The van der Waals surface area contributed by atoms with E-state index in [1.807, 2.05) is 36.4 Å². The van der Waals surface area contributed by atoms with Crippen LogP contribution in [0.25, 0.3) is 33.2 Å². The summed E-state index contributed by atoms with van der Waals surface area (Å²) < 4.78 is 6.11. The predicted octanol–water partition coefficient (Wildman–Crippen LogP) is 5.11. The van der Waals surface area contributed by atoms with Gasteiger partial charge in [0.05, 0.1) is 5.39 Å². The first kappa shape index (κ1) is 17.7. The molecule has 0 amide bonds. The van der Waals surface area contributed by atoms with E-state index >= 15 is 0 Å². The Hall–Kier alpha value is -4.36. The van der Waals surface area contributed by atoms with Gasteiger partial charge in [-0.3, -0.25) is 9.78 Å². The van der Waals surface area contributed by atoms with Crippen molar-refractivity contribution in [3.8, 4) is 29.0 Å². The Morgan fingerprint density at radius 3 is 2.50 bits per heavy atom. The summed E-state index contributed by atoms with van der Waals surface area (Å²) >= 11 is 0. The van der Waals surface area contributed by atoms with Crippen molar-refractivity contribution >= 4 is 21.7 Å². The van der Waals surface area contributed by atoms with Crippen LogP contribution in [0, 0.1) is 11.8 Å². The van der Waals surface area contributed by atoms with Crippen LogP contribution in [0.4, 0.5) is 0 Å². The maximum Gasteiger partial charge on any atom is 0.209 e. The predicted molar refractivity (Wildman–Crippen MR) is 117 cm³/mol. The van der Waals surface area contributed by atoms with Gasteiger partial charge in [-0.2, -0.15) is 0 Å². The van der Waals surface area contributed by atoms with Gasteiger partial charge in [-0.05, 0) is 41.8 Å². The fourth-order valence-corrected chi connectivity index (χ4v) is 3.36. The van der Waals surface area contributed by atoms with Gasteiger partial charge >= 0.3 is 0 Å². The Labute approximate surface area is 172 Å². The van der Waals surface area contributed by atoms with E-state index in [2.05, 4.69) is 16.8 Å². The first-order chi connectivity index (χ1) is 14.7. The minimum absolute atomic E-state index is 0.115. The number of rotatable bonds is 1. The number of phenolic OH excluding ortho intramolecular Hbond substituents is 1. The van der Waals surface area contributed by atoms with Gasteiger partial charge in [-0.15, -0.1) is 0 Å². The largest absolute Gasteiger partial charge is 0.508 e. The number of hydrogen-bond acceptors (Lipinski definition) is 4. The summed E-state index contributed by atoms with van der Waals surface area (Å²) in [5.41, 5.74) is 1.64. The molecular formula is C26H15NO3. The SMILES string of the molecule is O=c1c(C#Cc2cccc(O)c2)c(-c2cc3ccccc3cn2)oc2ccccc12. The minimum atomic E-state index is -0.213. The molecule has 0 fully saturated rings. The molecule has 0 saturated heterocycles. The number of pyridine rings is 1. The molecule has 142 valence electrons. The third-order valence-electron chi connectivity index (χ3n) is 4.84. The van der Waals surface area contributed by atoms with Gasteiger partial charge < -0.3 is 9.52 Å². The highest BCUT2D eigenvalue weighted by molar-refractivity contribution is 5.87. The highest BCUT2D eigenvalue weighted by Gasteiger charge is 2.16. The van der Waals surface area contributed by atoms with Gasteiger partial charge in [0.25, 0.3) is 0 Å². The third kappa shape index (κ3) is 3.19. The molecule has 0 bridgehead atoms. The molecule has 30 heavy (non-hydrogen) atoms. The number of para-hydroxylation sites is 1. The quantitative estimate of drug-likeness (QED) is 0.405. The summed E-state index contributed by atoms with van der Waals surface area (Å²) in [6.07, 6.45) is 1.76. The number of fused-ring (bicyclic) bond motifs is 2. The van der Waals surface area contributed by atoms with E-state index in [-0.39, 0.29) is 16.7 Å². The summed E-state index contributed by atoms with van der Waals surface area (Å²) in [6, 6.07) is 23.4. The second-order valence-electron chi connectivity index (χ2n) is 6.85. The van der Waals surface area contributed by atoms with Crippen molar-refractivity contribution in [3.05, 3.63) is 106 Å². The van der Waals surface area contributed by atoms with Crippen molar-refractivity contribution in [1.29, 1.82) is 0 Å². The van der Waals surface area contributed by atoms with E-state index in [0.717, 1.165) is 10.8 Å². The molecule has 5 aromatic rings. The van der Waals surface area contributed by atoms with Crippen LogP contribution in [0.15, 0.2) is 94.3 Å². The Morgan fingerprint density at radius 1 is 0.833 bits per heavy atom. The van der Waals surface area contributed by atoms with Crippen LogP contribution in [-0.4, -0.2) is 10.1 Å². The third-order valence-corrected chi connectivity index (χ3v) is 4.84. The Balaban J connectivity index is 1.78. The number of aromatic hydroxyl groups is 1. The average molecular weight is 389 g/mol. The van der Waals surface area contributed by atoms with Crippen LogP contribution in [0.3, 0.4) is 0 Å². The van der Waals surface area contributed by atoms with Crippen molar-refractivity contribution in [2.24, 2.45) is 0 Å². The summed E-state index contributed by atoms with van der Waals surface area (Å²) in [7, 11) is 0. The van der Waals surface area contributed by atoms with Crippen LogP contribution in [-0.2, 0) is 0 Å². The van der Waals surface area contributed by atoms with E-state index in [4.69, 9.17) is 4.42 Å². The molecule has 2 heterocycles. The normalized spacial score (nSPS) is 10.7. The maximum atomic E-state index is 13.2. The van der Waals surface area contributed by atoms with Gasteiger partial charge in [-0.1, -0.05) is 54.3 Å². The fourth-order valence-electron chi connectivity index (χ4n) is 3.36. The molecule has 0 atom stereocenters. The van der Waals surface area contributed by atoms with Crippen LogP contribution in [0.1, 0.15) is 11.1 Å². The molecule has 0 spiro atoms. The molecule has 2 aromatic heterocycles. The second kappa shape index (κ2) is 7.23. The van der Waals surface area contributed by atoms with Gasteiger partial charge in [-0.25, -0.2) is 0 Å². The van der Waals surface area contributed by atoms with Crippen molar-refractivity contribution in [3.63, 3.8) is 0 Å². The van der Waals surface area contributed by atoms with Gasteiger partial charge in [0, 0.05) is 17.1 Å². The van der Waals surface area contributed by atoms with Gasteiger partial charge in [0.15, 0.2) is 5.76 Å². The standard InChI is InChI=1S/C26H15NO3/c28-20-9-5-6-17(14-20)12-13-22-25(29)21-10-3-4-11-24(21)30-26(22)23-15-18-7-1-2-8-19(18)16-27-23/h1-11,14-16,28H. The number of phenols is 1. The van der Waals surface area contributed by atoms with Crippen molar-refractivity contribution in [1.82, 2.24) is 4.98 Å². The van der Waals surface area contributed by atoms with Gasteiger partial charge in [0.1, 0.15) is 22.6 Å². The first-order valence-electron chi connectivity index (χ1n) is 9.41.